The topological polar surface area (TPSA) is 74.6 Å². The molecule has 2 aromatic carbocycles. The smallest absolute Gasteiger partial charge is 0.255 e. The Morgan fingerprint density at radius 3 is 2.59 bits per heavy atom. The van der Waals surface area contributed by atoms with Crippen molar-refractivity contribution < 1.29 is 19.0 Å². The van der Waals surface area contributed by atoms with Crippen LogP contribution in [-0.2, 0) is 13.6 Å². The van der Waals surface area contributed by atoms with Crippen LogP contribution < -0.4 is 19.5 Å². The fourth-order valence-corrected chi connectivity index (χ4v) is 3.20. The zero-order valence-corrected chi connectivity index (χ0v) is 16.9. The van der Waals surface area contributed by atoms with Gasteiger partial charge in [0.25, 0.3) is 5.91 Å². The van der Waals surface area contributed by atoms with Gasteiger partial charge in [-0.2, -0.15) is 0 Å². The monoisotopic (exact) mass is 395 g/mol. The lowest BCUT2D eigenvalue weighted by Crippen LogP contribution is -2.25. The maximum Gasteiger partial charge on any atom is 0.255 e. The summed E-state index contributed by atoms with van der Waals surface area (Å²) in [4.78, 5) is 17.5. The molecule has 3 aromatic rings. The van der Waals surface area contributed by atoms with E-state index in [0.717, 1.165) is 22.6 Å². The maximum atomic E-state index is 12.8. The third-order valence-corrected chi connectivity index (χ3v) is 5.19. The van der Waals surface area contributed by atoms with Gasteiger partial charge in [0.05, 0.1) is 44.0 Å². The van der Waals surface area contributed by atoms with Gasteiger partial charge in [-0.15, -0.1) is 0 Å². The third kappa shape index (κ3) is 4.13. The van der Waals surface area contributed by atoms with Gasteiger partial charge in [0.1, 0.15) is 23.1 Å². The van der Waals surface area contributed by atoms with Crippen LogP contribution in [0.5, 0.6) is 17.2 Å². The van der Waals surface area contributed by atoms with Crippen LogP contribution in [0.3, 0.4) is 0 Å². The van der Waals surface area contributed by atoms with Crippen molar-refractivity contribution in [3.05, 3.63) is 47.8 Å². The van der Waals surface area contributed by atoms with Crippen molar-refractivity contribution in [3.63, 3.8) is 0 Å². The van der Waals surface area contributed by atoms with E-state index in [-0.39, 0.29) is 5.91 Å². The summed E-state index contributed by atoms with van der Waals surface area (Å²) in [6.45, 7) is 0.931. The van der Waals surface area contributed by atoms with Gasteiger partial charge in [-0.05, 0) is 43.0 Å². The molecule has 1 N–H and O–H groups in total. The molecule has 152 valence electrons. The number of hydrogen-bond acceptors (Lipinski definition) is 5. The first-order valence-electron chi connectivity index (χ1n) is 9.67. The van der Waals surface area contributed by atoms with Gasteiger partial charge in [0.2, 0.25) is 0 Å². The fraction of sp³-hybridized carbons (Fsp3) is 0.364. The first-order valence-corrected chi connectivity index (χ1v) is 9.67. The first kappa shape index (κ1) is 19.1. The van der Waals surface area contributed by atoms with Crippen LogP contribution in [-0.4, -0.2) is 36.3 Å². The van der Waals surface area contributed by atoms with E-state index in [9.17, 15) is 4.79 Å². The average Bonchev–Trinajstić information content (AvgIpc) is 3.53. The summed E-state index contributed by atoms with van der Waals surface area (Å²) in [5, 5.41) is 2.95. The highest BCUT2D eigenvalue weighted by Crippen LogP contribution is 2.32. The Morgan fingerprint density at radius 1 is 1.14 bits per heavy atom. The molecule has 0 radical (unpaired) electrons. The van der Waals surface area contributed by atoms with E-state index in [1.54, 1.807) is 32.4 Å². The predicted octanol–water partition coefficient (Wildman–Crippen LogP) is 3.31. The van der Waals surface area contributed by atoms with E-state index < -0.39 is 0 Å². The van der Waals surface area contributed by atoms with Gasteiger partial charge in [0, 0.05) is 19.2 Å². The summed E-state index contributed by atoms with van der Waals surface area (Å²) < 4.78 is 18.4. The van der Waals surface area contributed by atoms with Gasteiger partial charge in [-0.25, -0.2) is 4.98 Å². The number of carbonyl (C=O) groups is 1. The number of amides is 1. The molecule has 29 heavy (non-hydrogen) atoms. The summed E-state index contributed by atoms with van der Waals surface area (Å²) in [5.74, 6) is 3.11. The van der Waals surface area contributed by atoms with E-state index in [4.69, 9.17) is 14.2 Å². The summed E-state index contributed by atoms with van der Waals surface area (Å²) in [7, 11) is 5.16. The molecular formula is C22H25N3O4. The Balaban J connectivity index is 1.50. The molecule has 0 spiro atoms. The van der Waals surface area contributed by atoms with Crippen LogP contribution in [0.4, 0.5) is 0 Å². The second-order valence-corrected chi connectivity index (χ2v) is 7.24. The molecule has 0 saturated heterocycles. The van der Waals surface area contributed by atoms with Gasteiger partial charge >= 0.3 is 0 Å². The number of ether oxygens (including phenoxy) is 3. The number of methoxy groups -OCH3 is 2. The number of nitrogens with zero attached hydrogens (tertiary/aromatic N) is 2. The molecule has 0 atom stereocenters. The van der Waals surface area contributed by atoms with E-state index in [0.29, 0.717) is 36.1 Å². The molecule has 0 bridgehead atoms. The normalized spacial score (nSPS) is 13.3. The SMILES string of the molecule is COc1ccc(C(=O)NCc2nc3cc(OC)ccc3n2C)c(OCC2CC2)c1. The zero-order valence-electron chi connectivity index (χ0n) is 16.9. The van der Waals surface area contributed by atoms with E-state index in [1.807, 2.05) is 29.8 Å². The van der Waals surface area contributed by atoms with Gasteiger partial charge in [-0.1, -0.05) is 0 Å². The Bertz CT molecular complexity index is 1040. The van der Waals surface area contributed by atoms with E-state index in [1.165, 1.54) is 12.8 Å². The average molecular weight is 395 g/mol. The van der Waals surface area contributed by atoms with Crippen molar-refractivity contribution in [1.29, 1.82) is 0 Å². The minimum atomic E-state index is -0.205. The highest BCUT2D eigenvalue weighted by molar-refractivity contribution is 5.97. The number of fused-ring (bicyclic) bond motifs is 1. The van der Waals surface area contributed by atoms with Crippen LogP contribution >= 0.6 is 0 Å². The summed E-state index contributed by atoms with van der Waals surface area (Å²) >= 11 is 0. The second kappa shape index (κ2) is 8.03. The van der Waals surface area contributed by atoms with Gasteiger partial charge < -0.3 is 24.1 Å². The summed E-state index contributed by atoms with van der Waals surface area (Å²) in [6, 6.07) is 11.0. The number of aryl methyl sites for hydroxylation is 1. The number of imidazole rings is 1. The number of rotatable bonds is 8. The molecule has 1 aliphatic rings. The molecule has 1 aromatic heterocycles. The number of aromatic nitrogens is 2. The number of benzene rings is 2. The van der Waals surface area contributed by atoms with Crippen molar-refractivity contribution in [1.82, 2.24) is 14.9 Å². The largest absolute Gasteiger partial charge is 0.497 e. The molecule has 1 heterocycles. The van der Waals surface area contributed by atoms with Crippen molar-refractivity contribution in [2.24, 2.45) is 13.0 Å². The highest BCUT2D eigenvalue weighted by atomic mass is 16.5. The molecule has 7 heteroatoms. The quantitative estimate of drug-likeness (QED) is 0.633. The second-order valence-electron chi connectivity index (χ2n) is 7.24. The molecular weight excluding hydrogens is 370 g/mol. The lowest BCUT2D eigenvalue weighted by molar-refractivity contribution is 0.0945. The third-order valence-electron chi connectivity index (χ3n) is 5.19. The van der Waals surface area contributed by atoms with Crippen molar-refractivity contribution in [3.8, 4) is 17.2 Å². The zero-order chi connectivity index (χ0) is 20.4. The van der Waals surface area contributed by atoms with E-state index in [2.05, 4.69) is 10.3 Å². The standard InChI is InChI=1S/C22H25N3O4/c1-25-19-9-7-15(27-2)10-18(19)24-21(25)12-23-22(26)17-8-6-16(28-3)11-20(17)29-13-14-4-5-14/h6-11,14H,4-5,12-13H2,1-3H3,(H,23,26). The summed E-state index contributed by atoms with van der Waals surface area (Å²) in [6.07, 6.45) is 2.37. The van der Waals surface area contributed by atoms with Gasteiger partial charge in [0.15, 0.2) is 0 Å². The molecule has 1 saturated carbocycles. The molecule has 7 nitrogen and oxygen atoms in total. The Morgan fingerprint density at radius 2 is 1.86 bits per heavy atom. The fourth-order valence-electron chi connectivity index (χ4n) is 3.20. The van der Waals surface area contributed by atoms with Crippen LogP contribution in [0, 0.1) is 5.92 Å². The van der Waals surface area contributed by atoms with Crippen LogP contribution in [0.2, 0.25) is 0 Å². The van der Waals surface area contributed by atoms with Crippen molar-refractivity contribution >= 4 is 16.9 Å². The summed E-state index contributed by atoms with van der Waals surface area (Å²) in [5.41, 5.74) is 2.30. The van der Waals surface area contributed by atoms with Crippen LogP contribution in [0.15, 0.2) is 36.4 Å². The Labute approximate surface area is 169 Å². The van der Waals surface area contributed by atoms with Crippen LogP contribution in [0.25, 0.3) is 11.0 Å². The molecule has 1 aliphatic carbocycles. The predicted molar refractivity (Wildman–Crippen MR) is 110 cm³/mol. The Hall–Kier alpha value is -3.22. The van der Waals surface area contributed by atoms with Crippen LogP contribution in [0.1, 0.15) is 29.0 Å². The number of hydrogen-bond donors (Lipinski definition) is 1. The maximum absolute atomic E-state index is 12.8. The van der Waals surface area contributed by atoms with Gasteiger partial charge in [-0.3, -0.25) is 4.79 Å². The van der Waals surface area contributed by atoms with Crippen molar-refractivity contribution in [2.75, 3.05) is 20.8 Å². The minimum Gasteiger partial charge on any atom is -0.497 e. The lowest BCUT2D eigenvalue weighted by Gasteiger charge is -2.13. The number of nitrogens with one attached hydrogen (secondary N) is 1. The highest BCUT2D eigenvalue weighted by Gasteiger charge is 2.23. The minimum absolute atomic E-state index is 0.205. The molecule has 4 rings (SSSR count). The Kier molecular flexibility index (Phi) is 5.29. The molecule has 0 aliphatic heterocycles. The first-order chi connectivity index (χ1) is 14.1. The lowest BCUT2D eigenvalue weighted by atomic mass is 10.1. The molecule has 0 unspecified atom stereocenters. The number of carbonyl (C=O) groups excluding carboxylic acids is 1. The van der Waals surface area contributed by atoms with Crippen molar-refractivity contribution in [2.45, 2.75) is 19.4 Å². The molecule has 1 amide bonds. The van der Waals surface area contributed by atoms with E-state index >= 15 is 0 Å². The molecule has 1 fully saturated rings.